The summed E-state index contributed by atoms with van der Waals surface area (Å²) >= 11 is 0. The highest BCUT2D eigenvalue weighted by Gasteiger charge is 2.00. The van der Waals surface area contributed by atoms with Crippen LogP contribution in [0.3, 0.4) is 0 Å². The Morgan fingerprint density at radius 3 is 2.50 bits per heavy atom. The van der Waals surface area contributed by atoms with Crippen LogP contribution in [0.1, 0.15) is 5.56 Å². The molecule has 1 aromatic carbocycles. The Morgan fingerprint density at radius 2 is 1.83 bits per heavy atom. The fourth-order valence-electron chi connectivity index (χ4n) is 2.42. The predicted molar refractivity (Wildman–Crippen MR) is 96.2 cm³/mol. The Morgan fingerprint density at radius 1 is 1.04 bits per heavy atom. The lowest BCUT2D eigenvalue weighted by Crippen LogP contribution is -2.38. The molecule has 3 aromatic rings. The molecule has 0 atom stereocenters. The quantitative estimate of drug-likeness (QED) is 0.539. The van der Waals surface area contributed by atoms with Gasteiger partial charge in [0, 0.05) is 51.5 Å². The van der Waals surface area contributed by atoms with Crippen LogP contribution in [-0.4, -0.2) is 33.9 Å². The Hall–Kier alpha value is -3.02. The van der Waals surface area contributed by atoms with Gasteiger partial charge in [0.15, 0.2) is 5.96 Å². The molecule has 0 saturated heterocycles. The molecule has 6 nitrogen and oxygen atoms in total. The maximum Gasteiger partial charge on any atom is 0.191 e. The van der Waals surface area contributed by atoms with Gasteiger partial charge >= 0.3 is 0 Å². The van der Waals surface area contributed by atoms with E-state index in [0.717, 1.165) is 31.3 Å². The number of hydrogen-bond acceptors (Lipinski definition) is 2. The minimum absolute atomic E-state index is 0.725. The van der Waals surface area contributed by atoms with Crippen molar-refractivity contribution < 1.29 is 0 Å². The van der Waals surface area contributed by atoms with Crippen LogP contribution in [0.2, 0.25) is 0 Å². The molecule has 0 spiro atoms. The summed E-state index contributed by atoms with van der Waals surface area (Å²) in [6, 6.07) is 14.3. The van der Waals surface area contributed by atoms with Gasteiger partial charge in [0.05, 0.1) is 5.69 Å². The van der Waals surface area contributed by atoms with E-state index in [0.29, 0.717) is 0 Å². The van der Waals surface area contributed by atoms with Crippen LogP contribution in [0, 0.1) is 0 Å². The van der Waals surface area contributed by atoms with E-state index < -0.39 is 0 Å². The van der Waals surface area contributed by atoms with Gasteiger partial charge in [-0.1, -0.05) is 12.1 Å². The van der Waals surface area contributed by atoms with Crippen LogP contribution in [0.15, 0.2) is 72.2 Å². The first-order valence-corrected chi connectivity index (χ1v) is 7.99. The molecule has 3 rings (SSSR count). The number of nitrogens with zero attached hydrogens (tertiary/aromatic N) is 4. The molecular weight excluding hydrogens is 300 g/mol. The van der Waals surface area contributed by atoms with Crippen molar-refractivity contribution in [1.82, 2.24) is 25.0 Å². The third-order valence-corrected chi connectivity index (χ3v) is 3.72. The van der Waals surface area contributed by atoms with Crippen LogP contribution in [0.4, 0.5) is 0 Å². The molecule has 0 bridgehead atoms. The van der Waals surface area contributed by atoms with E-state index in [2.05, 4.69) is 62.0 Å². The van der Waals surface area contributed by atoms with E-state index in [4.69, 9.17) is 0 Å². The largest absolute Gasteiger partial charge is 0.355 e. The van der Waals surface area contributed by atoms with Gasteiger partial charge in [0.2, 0.25) is 0 Å². The van der Waals surface area contributed by atoms with E-state index in [1.807, 2.05) is 29.1 Å². The normalized spacial score (nSPS) is 11.5. The summed E-state index contributed by atoms with van der Waals surface area (Å²) in [6.07, 6.45) is 7.82. The maximum absolute atomic E-state index is 4.25. The molecule has 0 aliphatic carbocycles. The van der Waals surface area contributed by atoms with Crippen molar-refractivity contribution in [2.45, 2.75) is 13.1 Å². The summed E-state index contributed by atoms with van der Waals surface area (Å²) < 4.78 is 3.98. The highest BCUT2D eigenvalue weighted by Crippen LogP contribution is 2.08. The fraction of sp³-hybridized carbons (Fsp3) is 0.222. The van der Waals surface area contributed by atoms with Crippen molar-refractivity contribution in [2.75, 3.05) is 13.6 Å². The number of hydrogen-bond donors (Lipinski definition) is 2. The summed E-state index contributed by atoms with van der Waals surface area (Å²) in [6.45, 7) is 2.46. The smallest absolute Gasteiger partial charge is 0.191 e. The first-order valence-electron chi connectivity index (χ1n) is 7.99. The lowest BCUT2D eigenvalue weighted by atomic mass is 10.2. The number of benzene rings is 1. The molecule has 0 aliphatic heterocycles. The molecule has 0 amide bonds. The first-order chi connectivity index (χ1) is 11.8. The lowest BCUT2D eigenvalue weighted by molar-refractivity contribution is 0.665. The molecule has 24 heavy (non-hydrogen) atoms. The Balaban J connectivity index is 1.46. The molecule has 0 aliphatic rings. The van der Waals surface area contributed by atoms with Crippen molar-refractivity contribution in [1.29, 1.82) is 0 Å². The van der Waals surface area contributed by atoms with Gasteiger partial charge in [-0.15, -0.1) is 0 Å². The molecular formula is C18H22N6. The molecule has 124 valence electrons. The standard InChI is InChI=1S/C18H22N6/c1-19-18(20-10-14-23-11-2-3-12-23)21-15-16-5-7-17(8-6-16)24-13-4-9-22-24/h2-9,11-13H,10,14-15H2,1H3,(H2,19,20,21). The zero-order valence-electron chi connectivity index (χ0n) is 13.8. The fourth-order valence-corrected chi connectivity index (χ4v) is 2.42. The number of guanidine groups is 1. The average molecular weight is 322 g/mol. The van der Waals surface area contributed by atoms with Crippen molar-refractivity contribution in [3.8, 4) is 5.69 Å². The topological polar surface area (TPSA) is 59.2 Å². The summed E-state index contributed by atoms with van der Waals surface area (Å²) in [5.41, 5.74) is 2.25. The van der Waals surface area contributed by atoms with Crippen LogP contribution in [0.25, 0.3) is 5.69 Å². The summed E-state index contributed by atoms with van der Waals surface area (Å²) in [5.74, 6) is 0.804. The SMILES string of the molecule is CN=C(NCCn1cccc1)NCc1ccc(-n2cccn2)cc1. The van der Waals surface area contributed by atoms with E-state index in [9.17, 15) is 0 Å². The minimum Gasteiger partial charge on any atom is -0.355 e. The van der Waals surface area contributed by atoms with Gasteiger partial charge in [0.1, 0.15) is 0 Å². The van der Waals surface area contributed by atoms with E-state index in [-0.39, 0.29) is 0 Å². The third kappa shape index (κ3) is 4.25. The van der Waals surface area contributed by atoms with Crippen LogP contribution in [0.5, 0.6) is 0 Å². The second kappa shape index (κ2) is 8.01. The first kappa shape index (κ1) is 15.9. The Kier molecular flexibility index (Phi) is 5.29. The van der Waals surface area contributed by atoms with Crippen molar-refractivity contribution in [3.05, 3.63) is 72.8 Å². The number of rotatable bonds is 6. The number of nitrogens with one attached hydrogen (secondary N) is 2. The van der Waals surface area contributed by atoms with Gasteiger partial charge in [-0.25, -0.2) is 4.68 Å². The van der Waals surface area contributed by atoms with E-state index in [1.54, 1.807) is 13.2 Å². The Labute approximate surface area is 141 Å². The van der Waals surface area contributed by atoms with Gasteiger partial charge in [-0.3, -0.25) is 4.99 Å². The highest BCUT2D eigenvalue weighted by molar-refractivity contribution is 5.79. The molecule has 6 heteroatoms. The Bertz CT molecular complexity index is 741. The highest BCUT2D eigenvalue weighted by atomic mass is 15.3. The summed E-state index contributed by atoms with van der Waals surface area (Å²) in [4.78, 5) is 4.25. The summed E-state index contributed by atoms with van der Waals surface area (Å²) in [7, 11) is 1.78. The molecule has 2 N–H and O–H groups in total. The molecule has 0 radical (unpaired) electrons. The van der Waals surface area contributed by atoms with Crippen LogP contribution < -0.4 is 10.6 Å². The number of aliphatic imine (C=N–C) groups is 1. The van der Waals surface area contributed by atoms with Gasteiger partial charge in [0.25, 0.3) is 0 Å². The zero-order valence-corrected chi connectivity index (χ0v) is 13.8. The molecule has 2 aromatic heterocycles. The van der Waals surface area contributed by atoms with Crippen LogP contribution >= 0.6 is 0 Å². The lowest BCUT2D eigenvalue weighted by Gasteiger charge is -2.12. The van der Waals surface area contributed by atoms with Crippen LogP contribution in [-0.2, 0) is 13.1 Å². The zero-order chi connectivity index (χ0) is 16.6. The summed E-state index contributed by atoms with van der Waals surface area (Å²) in [5, 5.41) is 10.9. The van der Waals surface area contributed by atoms with Gasteiger partial charge in [-0.05, 0) is 35.9 Å². The minimum atomic E-state index is 0.725. The third-order valence-electron chi connectivity index (χ3n) is 3.72. The molecule has 2 heterocycles. The second-order valence-electron chi connectivity index (χ2n) is 5.39. The number of aromatic nitrogens is 3. The van der Waals surface area contributed by atoms with Gasteiger partial charge in [-0.2, -0.15) is 5.10 Å². The second-order valence-corrected chi connectivity index (χ2v) is 5.39. The van der Waals surface area contributed by atoms with Crippen molar-refractivity contribution in [3.63, 3.8) is 0 Å². The van der Waals surface area contributed by atoms with E-state index >= 15 is 0 Å². The monoisotopic (exact) mass is 322 g/mol. The van der Waals surface area contributed by atoms with Gasteiger partial charge < -0.3 is 15.2 Å². The molecule has 0 saturated carbocycles. The average Bonchev–Trinajstić information content (AvgIpc) is 3.32. The predicted octanol–water partition coefficient (Wildman–Crippen LogP) is 2.04. The molecule has 0 unspecified atom stereocenters. The van der Waals surface area contributed by atoms with Crippen molar-refractivity contribution >= 4 is 5.96 Å². The maximum atomic E-state index is 4.25. The molecule has 0 fully saturated rings. The van der Waals surface area contributed by atoms with Crippen molar-refractivity contribution in [2.24, 2.45) is 4.99 Å². The van der Waals surface area contributed by atoms with E-state index in [1.165, 1.54) is 5.56 Å².